The monoisotopic (exact) mass is 366 g/mol. The number of nitrogens with zero attached hydrogens (tertiary/aromatic N) is 4. The maximum atomic E-state index is 13.0. The molecule has 1 N–H and O–H groups in total. The zero-order chi connectivity index (χ0) is 19.6. The summed E-state index contributed by atoms with van der Waals surface area (Å²) in [4.78, 5) is 30.0. The van der Waals surface area contributed by atoms with E-state index in [-0.39, 0.29) is 24.9 Å². The van der Waals surface area contributed by atoms with Crippen LogP contribution < -0.4 is 0 Å². The number of rotatable bonds is 6. The summed E-state index contributed by atoms with van der Waals surface area (Å²) in [5, 5.41) is 13.9. The molecule has 0 fully saturated rings. The number of amides is 1. The molecule has 7 nitrogen and oxygen atoms in total. The topological polar surface area (TPSA) is 88.3 Å². The highest BCUT2D eigenvalue weighted by Gasteiger charge is 2.21. The first kappa shape index (κ1) is 18.6. The number of pyridine rings is 1. The van der Waals surface area contributed by atoms with Crippen LogP contribution >= 0.6 is 0 Å². The Morgan fingerprint density at radius 3 is 2.56 bits per heavy atom. The summed E-state index contributed by atoms with van der Waals surface area (Å²) in [7, 11) is 1.60. The van der Waals surface area contributed by atoms with E-state index in [9.17, 15) is 9.59 Å². The van der Waals surface area contributed by atoms with Gasteiger partial charge >= 0.3 is 5.97 Å². The molecular weight excluding hydrogens is 344 g/mol. The third-order valence-electron chi connectivity index (χ3n) is 4.36. The second-order valence-electron chi connectivity index (χ2n) is 6.71. The Kier molecular flexibility index (Phi) is 5.21. The van der Waals surface area contributed by atoms with E-state index in [4.69, 9.17) is 10.1 Å². The molecule has 0 spiro atoms. The van der Waals surface area contributed by atoms with Gasteiger partial charge in [-0.15, -0.1) is 0 Å². The maximum Gasteiger partial charge on any atom is 0.305 e. The van der Waals surface area contributed by atoms with Crippen molar-refractivity contribution < 1.29 is 14.7 Å². The number of hydrogen-bond acceptors (Lipinski definition) is 4. The Morgan fingerprint density at radius 1 is 1.22 bits per heavy atom. The molecule has 3 rings (SSSR count). The van der Waals surface area contributed by atoms with Crippen LogP contribution in [-0.4, -0.2) is 50.2 Å². The van der Waals surface area contributed by atoms with Gasteiger partial charge in [0.05, 0.1) is 29.3 Å². The Bertz CT molecular complexity index is 980. The normalized spacial score (nSPS) is 11.1. The average molecular weight is 366 g/mol. The van der Waals surface area contributed by atoms with Gasteiger partial charge in [-0.1, -0.05) is 30.3 Å². The quantitative estimate of drug-likeness (QED) is 0.723. The number of carbonyl (C=O) groups excluding carboxylic acids is 1. The van der Waals surface area contributed by atoms with Crippen molar-refractivity contribution in [2.75, 3.05) is 13.6 Å². The van der Waals surface area contributed by atoms with Gasteiger partial charge in [-0.25, -0.2) is 9.67 Å². The van der Waals surface area contributed by atoms with E-state index in [2.05, 4.69) is 5.10 Å². The minimum atomic E-state index is -0.938. The highest BCUT2D eigenvalue weighted by atomic mass is 16.4. The lowest BCUT2D eigenvalue weighted by atomic mass is 10.1. The van der Waals surface area contributed by atoms with Crippen molar-refractivity contribution in [2.24, 2.45) is 0 Å². The van der Waals surface area contributed by atoms with Crippen molar-refractivity contribution in [3.05, 3.63) is 48.2 Å². The minimum absolute atomic E-state index is 0.0914. The van der Waals surface area contributed by atoms with E-state index >= 15 is 0 Å². The lowest BCUT2D eigenvalue weighted by Crippen LogP contribution is -2.29. The summed E-state index contributed by atoms with van der Waals surface area (Å²) in [5.74, 6) is -1.18. The number of benzene rings is 1. The number of aromatic nitrogens is 3. The van der Waals surface area contributed by atoms with Gasteiger partial charge in [0, 0.05) is 25.2 Å². The summed E-state index contributed by atoms with van der Waals surface area (Å²) >= 11 is 0. The van der Waals surface area contributed by atoms with Crippen molar-refractivity contribution in [3.63, 3.8) is 0 Å². The van der Waals surface area contributed by atoms with Crippen LogP contribution in [0.5, 0.6) is 0 Å². The predicted molar refractivity (Wildman–Crippen MR) is 103 cm³/mol. The maximum absolute atomic E-state index is 13.0. The first-order valence-electron chi connectivity index (χ1n) is 8.79. The molecule has 0 saturated carbocycles. The SMILES string of the molecule is CC(C)n1ncc2c(C(=O)N(C)CCC(=O)O)cc(-c3ccccc3)nc21. The van der Waals surface area contributed by atoms with Gasteiger partial charge in [-0.2, -0.15) is 5.10 Å². The van der Waals surface area contributed by atoms with Crippen molar-refractivity contribution >= 4 is 22.9 Å². The molecule has 0 aliphatic carbocycles. The summed E-state index contributed by atoms with van der Waals surface area (Å²) in [6, 6.07) is 11.5. The molecule has 27 heavy (non-hydrogen) atoms. The number of carboxylic acids is 1. The van der Waals surface area contributed by atoms with Gasteiger partial charge in [0.2, 0.25) is 0 Å². The number of hydrogen-bond donors (Lipinski definition) is 1. The Hall–Kier alpha value is -3.22. The zero-order valence-electron chi connectivity index (χ0n) is 15.6. The van der Waals surface area contributed by atoms with Crippen LogP contribution in [0.15, 0.2) is 42.6 Å². The first-order valence-corrected chi connectivity index (χ1v) is 8.79. The van der Waals surface area contributed by atoms with Gasteiger partial charge < -0.3 is 10.0 Å². The standard InChI is InChI=1S/C20H22N4O3/c1-13(2)24-19-16(12-21-24)15(20(27)23(3)10-9-18(25)26)11-17(22-19)14-7-5-4-6-8-14/h4-8,11-13H,9-10H2,1-3H3,(H,25,26). The van der Waals surface area contributed by atoms with Crippen LogP contribution in [-0.2, 0) is 4.79 Å². The summed E-state index contributed by atoms with van der Waals surface area (Å²) < 4.78 is 1.79. The molecule has 0 radical (unpaired) electrons. The third kappa shape index (κ3) is 3.81. The van der Waals surface area contributed by atoms with E-state index < -0.39 is 5.97 Å². The van der Waals surface area contributed by atoms with Crippen LogP contribution in [0.4, 0.5) is 0 Å². The van der Waals surface area contributed by atoms with Crippen molar-refractivity contribution in [1.82, 2.24) is 19.7 Å². The number of aliphatic carboxylic acids is 1. The van der Waals surface area contributed by atoms with Crippen LogP contribution in [0, 0.1) is 0 Å². The van der Waals surface area contributed by atoms with Crippen molar-refractivity contribution in [1.29, 1.82) is 0 Å². The number of fused-ring (bicyclic) bond motifs is 1. The van der Waals surface area contributed by atoms with E-state index in [1.807, 2.05) is 44.2 Å². The summed E-state index contributed by atoms with van der Waals surface area (Å²) in [6.07, 6.45) is 1.54. The van der Waals surface area contributed by atoms with Crippen LogP contribution in [0.1, 0.15) is 36.7 Å². The van der Waals surface area contributed by atoms with E-state index in [1.165, 1.54) is 4.90 Å². The molecule has 0 aliphatic rings. The van der Waals surface area contributed by atoms with Crippen LogP contribution in [0.2, 0.25) is 0 Å². The highest BCUT2D eigenvalue weighted by Crippen LogP contribution is 2.27. The molecule has 3 aromatic rings. The lowest BCUT2D eigenvalue weighted by molar-refractivity contribution is -0.137. The molecule has 0 saturated heterocycles. The van der Waals surface area contributed by atoms with Crippen molar-refractivity contribution in [2.45, 2.75) is 26.3 Å². The fourth-order valence-corrected chi connectivity index (χ4v) is 2.90. The molecule has 2 aromatic heterocycles. The molecule has 2 heterocycles. The smallest absolute Gasteiger partial charge is 0.305 e. The Morgan fingerprint density at radius 2 is 1.93 bits per heavy atom. The largest absolute Gasteiger partial charge is 0.481 e. The molecule has 0 unspecified atom stereocenters. The lowest BCUT2D eigenvalue weighted by Gasteiger charge is -2.17. The van der Waals surface area contributed by atoms with E-state index in [1.54, 1.807) is 24.0 Å². The Balaban J connectivity index is 2.13. The van der Waals surface area contributed by atoms with Crippen LogP contribution in [0.25, 0.3) is 22.3 Å². The Labute approximate surface area is 157 Å². The van der Waals surface area contributed by atoms with Gasteiger partial charge in [-0.05, 0) is 19.9 Å². The predicted octanol–water partition coefficient (Wildman–Crippen LogP) is 3.23. The molecule has 7 heteroatoms. The molecule has 140 valence electrons. The molecule has 0 atom stereocenters. The van der Waals surface area contributed by atoms with Gasteiger partial charge in [0.1, 0.15) is 0 Å². The molecule has 1 amide bonds. The minimum Gasteiger partial charge on any atom is -0.481 e. The van der Waals surface area contributed by atoms with Gasteiger partial charge in [-0.3, -0.25) is 9.59 Å². The summed E-state index contributed by atoms with van der Waals surface area (Å²) in [5.41, 5.74) is 2.69. The first-order chi connectivity index (χ1) is 12.9. The fourth-order valence-electron chi connectivity index (χ4n) is 2.90. The second-order valence-corrected chi connectivity index (χ2v) is 6.71. The molecular formula is C20H22N4O3. The van der Waals surface area contributed by atoms with E-state index in [0.717, 1.165) is 5.56 Å². The molecule has 0 bridgehead atoms. The fraction of sp³-hybridized carbons (Fsp3) is 0.300. The van der Waals surface area contributed by atoms with Gasteiger partial charge in [0.25, 0.3) is 5.91 Å². The second kappa shape index (κ2) is 7.57. The summed E-state index contributed by atoms with van der Waals surface area (Å²) in [6.45, 7) is 4.14. The highest BCUT2D eigenvalue weighted by molar-refractivity contribution is 6.06. The average Bonchev–Trinajstić information content (AvgIpc) is 3.09. The zero-order valence-corrected chi connectivity index (χ0v) is 15.6. The molecule has 1 aromatic carbocycles. The molecule has 0 aliphatic heterocycles. The van der Waals surface area contributed by atoms with E-state index in [0.29, 0.717) is 22.3 Å². The van der Waals surface area contributed by atoms with Crippen molar-refractivity contribution in [3.8, 4) is 11.3 Å². The van der Waals surface area contributed by atoms with Gasteiger partial charge in [0.15, 0.2) is 5.65 Å². The third-order valence-corrected chi connectivity index (χ3v) is 4.36. The van der Waals surface area contributed by atoms with Crippen LogP contribution in [0.3, 0.4) is 0 Å². The number of carboxylic acid groups (broad SMARTS) is 1. The number of carbonyl (C=O) groups is 2.